The summed E-state index contributed by atoms with van der Waals surface area (Å²) in [6, 6.07) is 0. The van der Waals surface area contributed by atoms with Gasteiger partial charge in [0.05, 0.1) is 24.9 Å². The molecule has 0 radical (unpaired) electrons. The van der Waals surface area contributed by atoms with Crippen molar-refractivity contribution in [1.29, 1.82) is 0 Å². The smallest absolute Gasteiger partial charge is 0.378 e. The largest absolute Gasteiger partial charge is 0.490 e. The molecule has 20 heteroatoms. The van der Waals surface area contributed by atoms with Crippen molar-refractivity contribution in [2.75, 3.05) is 20.3 Å². The Morgan fingerprint density at radius 2 is 1.82 bits per heavy atom. The second kappa shape index (κ2) is 11.1. The van der Waals surface area contributed by atoms with Gasteiger partial charge in [-0.15, -0.1) is 0 Å². The average molecular weight is 540 g/mol. The summed E-state index contributed by atoms with van der Waals surface area (Å²) < 4.78 is 62.8. The molecule has 0 spiro atoms. The van der Waals surface area contributed by atoms with Gasteiger partial charge in [0.25, 0.3) is 5.56 Å². The molecule has 1 fully saturated rings. The van der Waals surface area contributed by atoms with Crippen molar-refractivity contribution in [3.8, 4) is 0 Å². The lowest BCUT2D eigenvalue weighted by Gasteiger charge is -2.20. The van der Waals surface area contributed by atoms with Gasteiger partial charge in [0.1, 0.15) is 12.3 Å². The van der Waals surface area contributed by atoms with Crippen LogP contribution in [-0.4, -0.2) is 61.7 Å². The summed E-state index contributed by atoms with van der Waals surface area (Å²) in [4.78, 5) is 62.1. The van der Waals surface area contributed by atoms with Crippen LogP contribution in [0.3, 0.4) is 0 Å². The molecule has 1 aliphatic heterocycles. The lowest BCUT2D eigenvalue weighted by molar-refractivity contribution is -0.0526. The monoisotopic (exact) mass is 540 g/mol. The van der Waals surface area contributed by atoms with Gasteiger partial charge in [-0.3, -0.25) is 18.9 Å². The molecule has 0 aromatic carbocycles. The summed E-state index contributed by atoms with van der Waals surface area (Å²) in [6.07, 6.45) is -1.61. The molecule has 1 saturated heterocycles. The van der Waals surface area contributed by atoms with E-state index in [4.69, 9.17) is 24.0 Å². The predicted octanol–water partition coefficient (Wildman–Crippen LogP) is -0.281. The van der Waals surface area contributed by atoms with Gasteiger partial charge < -0.3 is 33.8 Å². The summed E-state index contributed by atoms with van der Waals surface area (Å²) >= 11 is 0. The van der Waals surface area contributed by atoms with Gasteiger partial charge in [0, 0.05) is 26.3 Å². The van der Waals surface area contributed by atoms with Crippen LogP contribution in [0.25, 0.3) is 0 Å². The van der Waals surface area contributed by atoms with E-state index < -0.39 is 59.8 Å². The molecule has 0 saturated carbocycles. The molecule has 0 amide bonds. The Hall–Kier alpha value is -1.03. The molecule has 17 nitrogen and oxygen atoms in total. The van der Waals surface area contributed by atoms with Gasteiger partial charge in [-0.05, 0) is 6.92 Å². The molecular weight excluding hydrogens is 517 g/mol. The number of ether oxygens (including phenoxy) is 3. The molecule has 3 unspecified atom stereocenters. The quantitative estimate of drug-likeness (QED) is 0.214. The minimum absolute atomic E-state index is 0.0426. The van der Waals surface area contributed by atoms with Gasteiger partial charge in [0.2, 0.25) is 0 Å². The molecule has 1 aromatic heterocycles. The number of aromatic nitrogens is 2. The Morgan fingerprint density at radius 3 is 2.39 bits per heavy atom. The maximum Gasteiger partial charge on any atom is 0.490 e. The van der Waals surface area contributed by atoms with E-state index in [9.17, 15) is 33.1 Å². The maximum atomic E-state index is 12.2. The number of nitrogens with one attached hydrogen (secondary N) is 1. The SMILES string of the molecule is CCOCc1cn([C@H]2CC(OC)[C@@H](COP(=O)(O)OP(=O)(O)OP(=O)(O)O)O2)c(=O)[nH]c1=O. The predicted molar refractivity (Wildman–Crippen MR) is 106 cm³/mol. The van der Waals surface area contributed by atoms with E-state index in [1.165, 1.54) is 13.3 Å². The molecule has 2 heterocycles. The van der Waals surface area contributed by atoms with Crippen molar-refractivity contribution in [3.63, 3.8) is 0 Å². The van der Waals surface area contributed by atoms with Gasteiger partial charge in [-0.1, -0.05) is 0 Å². The Morgan fingerprint density at radius 1 is 1.15 bits per heavy atom. The highest BCUT2D eigenvalue weighted by atomic mass is 31.3. The van der Waals surface area contributed by atoms with Gasteiger partial charge >= 0.3 is 29.2 Å². The van der Waals surface area contributed by atoms with E-state index in [1.54, 1.807) is 6.92 Å². The van der Waals surface area contributed by atoms with Crippen molar-refractivity contribution < 1.29 is 60.6 Å². The lowest BCUT2D eigenvalue weighted by Crippen LogP contribution is -2.34. The third-order valence-corrected chi connectivity index (χ3v) is 7.92. The van der Waals surface area contributed by atoms with Crippen molar-refractivity contribution in [2.24, 2.45) is 0 Å². The van der Waals surface area contributed by atoms with E-state index in [-0.39, 0.29) is 18.6 Å². The van der Waals surface area contributed by atoms with Crippen LogP contribution in [0, 0.1) is 0 Å². The fraction of sp³-hybridized carbons (Fsp3) is 0.692. The first-order valence-electron chi connectivity index (χ1n) is 9.05. The van der Waals surface area contributed by atoms with Crippen molar-refractivity contribution in [3.05, 3.63) is 32.6 Å². The summed E-state index contributed by atoms with van der Waals surface area (Å²) in [5.41, 5.74) is -1.30. The molecule has 33 heavy (non-hydrogen) atoms. The van der Waals surface area contributed by atoms with Gasteiger partial charge in [-0.2, -0.15) is 8.62 Å². The molecule has 5 atom stereocenters. The zero-order chi connectivity index (χ0) is 25.0. The van der Waals surface area contributed by atoms with Crippen LogP contribution in [0.1, 0.15) is 25.1 Å². The topological polar surface area (TPSA) is 242 Å². The van der Waals surface area contributed by atoms with Crippen LogP contribution in [-0.2, 0) is 47.7 Å². The Balaban J connectivity index is 2.11. The number of rotatable bonds is 12. The van der Waals surface area contributed by atoms with Crippen LogP contribution in [0.4, 0.5) is 0 Å². The van der Waals surface area contributed by atoms with Crippen LogP contribution in [0.15, 0.2) is 15.8 Å². The van der Waals surface area contributed by atoms with E-state index >= 15 is 0 Å². The van der Waals surface area contributed by atoms with Crippen molar-refractivity contribution in [1.82, 2.24) is 9.55 Å². The van der Waals surface area contributed by atoms with E-state index in [0.717, 1.165) is 4.57 Å². The molecule has 0 aliphatic carbocycles. The molecular formula is C13H23N2O15P3. The number of H-pyrrole nitrogens is 1. The Bertz CT molecular complexity index is 1080. The second-order valence-corrected chi connectivity index (χ2v) is 10.9. The lowest BCUT2D eigenvalue weighted by atomic mass is 10.2. The van der Waals surface area contributed by atoms with E-state index in [1.807, 2.05) is 0 Å². The maximum absolute atomic E-state index is 12.2. The number of hydrogen-bond acceptors (Lipinski definition) is 11. The third kappa shape index (κ3) is 8.60. The molecule has 2 rings (SSSR count). The van der Waals surface area contributed by atoms with E-state index in [2.05, 4.69) is 18.1 Å². The van der Waals surface area contributed by atoms with Gasteiger partial charge in [-0.25, -0.2) is 18.5 Å². The molecule has 0 bridgehead atoms. The highest BCUT2D eigenvalue weighted by Gasteiger charge is 2.43. The fourth-order valence-corrected chi connectivity index (χ4v) is 5.83. The first kappa shape index (κ1) is 28.2. The average Bonchev–Trinajstić information content (AvgIpc) is 3.06. The van der Waals surface area contributed by atoms with E-state index in [0.29, 0.717) is 6.61 Å². The number of aromatic amines is 1. The second-order valence-electron chi connectivity index (χ2n) is 6.48. The number of nitrogens with zero attached hydrogens (tertiary/aromatic N) is 1. The Kier molecular flexibility index (Phi) is 9.52. The van der Waals surface area contributed by atoms with Crippen LogP contribution in [0.5, 0.6) is 0 Å². The van der Waals surface area contributed by atoms with Gasteiger partial charge in [0.15, 0.2) is 0 Å². The van der Waals surface area contributed by atoms with Crippen LogP contribution >= 0.6 is 23.5 Å². The zero-order valence-electron chi connectivity index (χ0n) is 17.2. The highest BCUT2D eigenvalue weighted by molar-refractivity contribution is 7.66. The normalized spacial score (nSPS) is 25.0. The summed E-state index contributed by atoms with van der Waals surface area (Å²) in [6.45, 7) is 1.22. The molecule has 1 aliphatic rings. The number of hydrogen-bond donors (Lipinski definition) is 5. The van der Waals surface area contributed by atoms with Crippen molar-refractivity contribution >= 4 is 23.5 Å². The number of phosphoric acid groups is 3. The zero-order valence-corrected chi connectivity index (χ0v) is 19.9. The number of methoxy groups -OCH3 is 1. The summed E-state index contributed by atoms with van der Waals surface area (Å²) in [5.74, 6) is 0. The highest BCUT2D eigenvalue weighted by Crippen LogP contribution is 2.66. The molecule has 1 aromatic rings. The minimum Gasteiger partial charge on any atom is -0.378 e. The first-order chi connectivity index (χ1) is 15.2. The standard InChI is InChI=1S/C13H23N2O15P3/c1-3-26-6-8-5-15(13(17)14-12(8)16)11-4-9(25-2)10(28-11)7-27-32(21,22)30-33(23,24)29-31(18,19)20/h5,9-11H,3-4,6-7H2,1-2H3,(H,21,22)(H,23,24)(H,14,16,17)(H2,18,19,20)/t9?,10-,11-/m1/s1. The van der Waals surface area contributed by atoms with Crippen LogP contribution < -0.4 is 11.2 Å². The minimum atomic E-state index is -5.67. The summed E-state index contributed by atoms with van der Waals surface area (Å²) in [5, 5.41) is 0. The molecule has 190 valence electrons. The Labute approximate surface area is 185 Å². The fourth-order valence-electron chi connectivity index (χ4n) is 2.80. The summed E-state index contributed by atoms with van der Waals surface area (Å²) in [7, 11) is -15.3. The van der Waals surface area contributed by atoms with Crippen molar-refractivity contribution in [2.45, 2.75) is 38.4 Å². The third-order valence-electron chi connectivity index (χ3n) is 4.11. The first-order valence-corrected chi connectivity index (χ1v) is 13.6. The molecule has 5 N–H and O–H groups in total. The number of phosphoric ester groups is 1. The van der Waals surface area contributed by atoms with Crippen LogP contribution in [0.2, 0.25) is 0 Å².